The van der Waals surface area contributed by atoms with Gasteiger partial charge >= 0.3 is 0 Å². The standard InChI is InChI=1S/C38H62O9/c1-22(11-10-16-33(2,3)44-9)23-14-17-36(7)25-15-18-38-26(37(25,32(43-8)47-38)20-19-35(23,36)6)12-13-27(34(38,4)5)46-31-30(42)29(41)28(40)24(21-39)45-31/h10,15-16,18,22-32,39-42H,11-14,17,19-21H2,1-9H3/b16-10+/t22-,23-,24-,25+,26?,27+,28-,29+,30-,31+,32-,35-,36+,37+,38-/m1/s1. The zero-order valence-electron chi connectivity index (χ0n) is 30.1. The fraction of sp³-hybridized carbons (Fsp3) is 0.895. The van der Waals surface area contributed by atoms with E-state index in [0.717, 1.165) is 32.1 Å². The topological polar surface area (TPSA) is 127 Å². The molecule has 1 unspecified atom stereocenters. The summed E-state index contributed by atoms with van der Waals surface area (Å²) < 4.78 is 31.4. The Bertz CT molecular complexity index is 1220. The molecule has 0 aromatic rings. The van der Waals surface area contributed by atoms with Gasteiger partial charge in [-0.25, -0.2) is 0 Å². The van der Waals surface area contributed by atoms with Crippen LogP contribution < -0.4 is 0 Å². The lowest BCUT2D eigenvalue weighted by Crippen LogP contribution is -2.66. The molecule has 15 atom stereocenters. The summed E-state index contributed by atoms with van der Waals surface area (Å²) in [5.74, 6) is 1.75. The van der Waals surface area contributed by atoms with Gasteiger partial charge in [-0.05, 0) is 87.4 Å². The van der Waals surface area contributed by atoms with Gasteiger partial charge in [0.05, 0.1) is 18.3 Å². The van der Waals surface area contributed by atoms with Crippen molar-refractivity contribution < 1.29 is 44.1 Å². The summed E-state index contributed by atoms with van der Waals surface area (Å²) in [4.78, 5) is 0. The van der Waals surface area contributed by atoms with Gasteiger partial charge in [-0.2, -0.15) is 0 Å². The van der Waals surface area contributed by atoms with Crippen LogP contribution in [-0.2, 0) is 23.7 Å². The van der Waals surface area contributed by atoms with Crippen LogP contribution in [0.3, 0.4) is 0 Å². The largest absolute Gasteiger partial charge is 0.394 e. The summed E-state index contributed by atoms with van der Waals surface area (Å²) in [6, 6.07) is 0. The van der Waals surface area contributed by atoms with E-state index in [1.165, 1.54) is 12.8 Å². The smallest absolute Gasteiger partial charge is 0.186 e. The van der Waals surface area contributed by atoms with Gasteiger partial charge in [0.15, 0.2) is 12.6 Å². The van der Waals surface area contributed by atoms with Gasteiger partial charge < -0.3 is 44.1 Å². The molecule has 2 heterocycles. The summed E-state index contributed by atoms with van der Waals surface area (Å²) in [5.41, 5.74) is -1.31. The number of hydrogen-bond acceptors (Lipinski definition) is 9. The normalized spacial score (nSPS) is 51.1. The molecule has 4 aliphatic carbocycles. The lowest BCUT2D eigenvalue weighted by molar-refractivity contribution is -0.331. The third-order valence-corrected chi connectivity index (χ3v) is 15.0. The Kier molecular flexibility index (Phi) is 9.27. The quantitative estimate of drug-likeness (QED) is 0.259. The molecule has 2 saturated heterocycles. The van der Waals surface area contributed by atoms with Crippen molar-refractivity contribution in [2.75, 3.05) is 20.8 Å². The number of methoxy groups -OCH3 is 2. The van der Waals surface area contributed by atoms with Crippen LogP contribution >= 0.6 is 0 Å². The maximum Gasteiger partial charge on any atom is 0.186 e. The molecule has 2 aliphatic heterocycles. The Hall–Kier alpha value is -0.880. The molecule has 47 heavy (non-hydrogen) atoms. The molecule has 0 radical (unpaired) electrons. The number of hydrogen-bond donors (Lipinski definition) is 4. The molecule has 2 bridgehead atoms. The van der Waals surface area contributed by atoms with Crippen LogP contribution in [0.2, 0.25) is 0 Å². The van der Waals surface area contributed by atoms with E-state index in [1.807, 2.05) is 0 Å². The van der Waals surface area contributed by atoms with Crippen LogP contribution in [0, 0.1) is 45.3 Å². The highest BCUT2D eigenvalue weighted by Gasteiger charge is 2.78. The predicted octanol–water partition coefficient (Wildman–Crippen LogP) is 4.75. The Morgan fingerprint density at radius 3 is 2.34 bits per heavy atom. The SMILES string of the molecule is CO[C@@H]1O[C@]23C=C[C@@H]4[C@@]1(CC[C@]1(C)[C@@H]([C@H](C)C/C=C/C(C)(C)OC)CC[C@@]41C)C2CC[C@H](O[C@@H]1O[C@H](CO)[C@@H](O)[C@H](O)[C@H]1O)C3(C)C. The molecule has 268 valence electrons. The van der Waals surface area contributed by atoms with E-state index >= 15 is 0 Å². The van der Waals surface area contributed by atoms with Crippen molar-refractivity contribution in [1.82, 2.24) is 0 Å². The first-order valence-electron chi connectivity index (χ1n) is 18.1. The van der Waals surface area contributed by atoms with Crippen LogP contribution in [-0.4, -0.2) is 95.6 Å². The van der Waals surface area contributed by atoms with Crippen molar-refractivity contribution in [3.05, 3.63) is 24.3 Å². The molecule has 9 nitrogen and oxygen atoms in total. The van der Waals surface area contributed by atoms with Gasteiger partial charge in [0, 0.05) is 31.0 Å². The second kappa shape index (κ2) is 12.1. The zero-order valence-corrected chi connectivity index (χ0v) is 30.1. The van der Waals surface area contributed by atoms with E-state index in [0.29, 0.717) is 17.8 Å². The maximum absolute atomic E-state index is 10.8. The average molecular weight is 663 g/mol. The van der Waals surface area contributed by atoms with Gasteiger partial charge in [0.1, 0.15) is 30.0 Å². The Morgan fingerprint density at radius 1 is 0.957 bits per heavy atom. The highest BCUT2D eigenvalue weighted by Crippen LogP contribution is 2.79. The van der Waals surface area contributed by atoms with E-state index in [4.69, 9.17) is 23.7 Å². The molecule has 0 amide bonds. The molecular weight excluding hydrogens is 600 g/mol. The van der Waals surface area contributed by atoms with Crippen molar-refractivity contribution in [2.45, 2.75) is 148 Å². The number of fused-ring (bicyclic) bond motifs is 2. The maximum atomic E-state index is 10.8. The Labute approximate surface area is 282 Å². The van der Waals surface area contributed by atoms with Crippen molar-refractivity contribution in [1.29, 1.82) is 0 Å². The third kappa shape index (κ3) is 4.95. The Balaban J connectivity index is 1.29. The molecule has 5 fully saturated rings. The molecule has 3 saturated carbocycles. The molecule has 0 aromatic carbocycles. The molecule has 4 N–H and O–H groups in total. The van der Waals surface area contributed by atoms with Gasteiger partial charge in [0.25, 0.3) is 0 Å². The monoisotopic (exact) mass is 662 g/mol. The number of aliphatic hydroxyl groups excluding tert-OH is 4. The van der Waals surface area contributed by atoms with Crippen molar-refractivity contribution in [2.24, 2.45) is 45.3 Å². The van der Waals surface area contributed by atoms with Gasteiger partial charge in [0.2, 0.25) is 0 Å². The fourth-order valence-electron chi connectivity index (χ4n) is 11.9. The summed E-state index contributed by atoms with van der Waals surface area (Å²) in [7, 11) is 3.56. The number of rotatable bonds is 9. The predicted molar refractivity (Wildman–Crippen MR) is 177 cm³/mol. The first-order chi connectivity index (χ1) is 22.0. The van der Waals surface area contributed by atoms with Crippen LogP contribution in [0.1, 0.15) is 93.4 Å². The van der Waals surface area contributed by atoms with Crippen LogP contribution in [0.4, 0.5) is 0 Å². The van der Waals surface area contributed by atoms with E-state index in [1.54, 1.807) is 14.2 Å². The Morgan fingerprint density at radius 2 is 1.68 bits per heavy atom. The highest BCUT2D eigenvalue weighted by atomic mass is 16.7. The highest BCUT2D eigenvalue weighted by molar-refractivity contribution is 5.34. The van der Waals surface area contributed by atoms with Crippen LogP contribution in [0.15, 0.2) is 24.3 Å². The lowest BCUT2D eigenvalue weighted by atomic mass is 9.38. The van der Waals surface area contributed by atoms with Gasteiger partial charge in [-0.3, -0.25) is 0 Å². The number of aliphatic hydroxyl groups is 4. The first-order valence-corrected chi connectivity index (χ1v) is 18.1. The van der Waals surface area contributed by atoms with Crippen molar-refractivity contribution in [3.63, 3.8) is 0 Å². The molecule has 9 heteroatoms. The molecular formula is C38H62O9. The van der Waals surface area contributed by atoms with Crippen molar-refractivity contribution >= 4 is 0 Å². The second-order valence-electron chi connectivity index (χ2n) is 17.5. The first kappa shape index (κ1) is 35.9. The summed E-state index contributed by atoms with van der Waals surface area (Å²) >= 11 is 0. The van der Waals surface area contributed by atoms with E-state index in [2.05, 4.69) is 72.8 Å². The van der Waals surface area contributed by atoms with Crippen LogP contribution in [0.5, 0.6) is 0 Å². The molecule has 6 aliphatic rings. The minimum atomic E-state index is -1.48. The molecule has 1 spiro atoms. The third-order valence-electron chi connectivity index (χ3n) is 15.0. The molecule has 6 rings (SSSR count). The van der Waals surface area contributed by atoms with E-state index in [-0.39, 0.29) is 40.2 Å². The van der Waals surface area contributed by atoms with E-state index in [9.17, 15) is 20.4 Å². The fourth-order valence-corrected chi connectivity index (χ4v) is 11.9. The molecule has 0 aromatic heterocycles. The second-order valence-corrected chi connectivity index (χ2v) is 17.5. The van der Waals surface area contributed by atoms with Gasteiger partial charge in [-0.15, -0.1) is 0 Å². The summed E-state index contributed by atoms with van der Waals surface area (Å²) in [6.07, 6.45) is 9.34. The number of ether oxygens (including phenoxy) is 5. The summed E-state index contributed by atoms with van der Waals surface area (Å²) in [5, 5.41) is 41.3. The van der Waals surface area contributed by atoms with E-state index < -0.39 is 48.3 Å². The summed E-state index contributed by atoms with van der Waals surface area (Å²) in [6.45, 7) is 15.6. The average Bonchev–Trinajstić information content (AvgIpc) is 3.41. The minimum absolute atomic E-state index is 0.0979. The lowest BCUT2D eigenvalue weighted by Gasteiger charge is -2.65. The minimum Gasteiger partial charge on any atom is -0.394 e. The van der Waals surface area contributed by atoms with Crippen molar-refractivity contribution in [3.8, 4) is 0 Å². The van der Waals surface area contributed by atoms with Crippen LogP contribution in [0.25, 0.3) is 0 Å². The number of allylic oxidation sites excluding steroid dienone is 2. The zero-order chi connectivity index (χ0) is 34.4. The van der Waals surface area contributed by atoms with Gasteiger partial charge in [-0.1, -0.05) is 58.9 Å².